The average Bonchev–Trinajstić information content (AvgIpc) is 2.80. The standard InChI is InChI=1S/C16H22N2OS/c1-4-13-10-14(18(3)17-13)11-16(19)12-6-8-15(9-7-12)20-5-2/h6-10,16,19H,4-5,11H2,1-3H3. The molecule has 2 rings (SSSR count). The number of aromatic nitrogens is 2. The molecule has 2 aromatic rings. The smallest absolute Gasteiger partial charge is 0.0845 e. The Morgan fingerprint density at radius 3 is 2.50 bits per heavy atom. The minimum atomic E-state index is -0.476. The minimum Gasteiger partial charge on any atom is -0.388 e. The quantitative estimate of drug-likeness (QED) is 0.829. The van der Waals surface area contributed by atoms with E-state index in [1.165, 1.54) is 4.90 Å². The van der Waals surface area contributed by atoms with Crippen LogP contribution in [0, 0.1) is 0 Å². The van der Waals surface area contributed by atoms with Crippen LogP contribution in [0.3, 0.4) is 0 Å². The van der Waals surface area contributed by atoms with E-state index in [0.29, 0.717) is 6.42 Å². The van der Waals surface area contributed by atoms with E-state index in [1.807, 2.05) is 35.6 Å². The lowest BCUT2D eigenvalue weighted by Crippen LogP contribution is -2.06. The predicted molar refractivity (Wildman–Crippen MR) is 84.1 cm³/mol. The van der Waals surface area contributed by atoms with Gasteiger partial charge in [0, 0.05) is 24.1 Å². The van der Waals surface area contributed by atoms with E-state index >= 15 is 0 Å². The first kappa shape index (κ1) is 15.1. The zero-order chi connectivity index (χ0) is 14.5. The molecule has 0 fully saturated rings. The molecular formula is C16H22N2OS. The van der Waals surface area contributed by atoms with Gasteiger partial charge in [0.25, 0.3) is 0 Å². The molecule has 20 heavy (non-hydrogen) atoms. The van der Waals surface area contributed by atoms with Gasteiger partial charge in [0.2, 0.25) is 0 Å². The topological polar surface area (TPSA) is 38.1 Å². The van der Waals surface area contributed by atoms with Gasteiger partial charge in [-0.1, -0.05) is 26.0 Å². The number of hydrogen-bond donors (Lipinski definition) is 1. The highest BCUT2D eigenvalue weighted by atomic mass is 32.2. The number of hydrogen-bond acceptors (Lipinski definition) is 3. The summed E-state index contributed by atoms with van der Waals surface area (Å²) in [5, 5.41) is 14.8. The molecule has 1 heterocycles. The Morgan fingerprint density at radius 2 is 1.95 bits per heavy atom. The SMILES string of the molecule is CCSc1ccc(C(O)Cc2cc(CC)nn2C)cc1. The van der Waals surface area contributed by atoms with Gasteiger partial charge in [0.15, 0.2) is 0 Å². The predicted octanol–water partition coefficient (Wildman–Crippen LogP) is 3.37. The van der Waals surface area contributed by atoms with Gasteiger partial charge >= 0.3 is 0 Å². The first-order chi connectivity index (χ1) is 9.63. The van der Waals surface area contributed by atoms with Crippen LogP contribution in [0.4, 0.5) is 0 Å². The second kappa shape index (κ2) is 6.95. The molecule has 4 heteroatoms. The molecule has 1 unspecified atom stereocenters. The van der Waals surface area contributed by atoms with Crippen molar-refractivity contribution >= 4 is 11.8 Å². The van der Waals surface area contributed by atoms with Crippen LogP contribution in [-0.2, 0) is 19.9 Å². The number of benzene rings is 1. The molecule has 0 saturated heterocycles. The lowest BCUT2D eigenvalue weighted by molar-refractivity contribution is 0.175. The third-order valence-electron chi connectivity index (χ3n) is 3.37. The largest absolute Gasteiger partial charge is 0.388 e. The van der Waals surface area contributed by atoms with E-state index in [2.05, 4.69) is 37.1 Å². The zero-order valence-electron chi connectivity index (χ0n) is 12.3. The van der Waals surface area contributed by atoms with Crippen molar-refractivity contribution in [1.29, 1.82) is 0 Å². The van der Waals surface area contributed by atoms with Crippen LogP contribution in [0.5, 0.6) is 0 Å². The number of thioether (sulfide) groups is 1. The van der Waals surface area contributed by atoms with Gasteiger partial charge in [-0.05, 0) is 35.9 Å². The zero-order valence-corrected chi connectivity index (χ0v) is 13.2. The summed E-state index contributed by atoms with van der Waals surface area (Å²) in [4.78, 5) is 1.25. The van der Waals surface area contributed by atoms with Crippen molar-refractivity contribution in [2.75, 3.05) is 5.75 Å². The van der Waals surface area contributed by atoms with Crippen LogP contribution >= 0.6 is 11.8 Å². The summed E-state index contributed by atoms with van der Waals surface area (Å²) in [5.41, 5.74) is 3.11. The Labute approximate surface area is 125 Å². The van der Waals surface area contributed by atoms with Crippen LogP contribution < -0.4 is 0 Å². The van der Waals surface area contributed by atoms with Crippen LogP contribution in [0.1, 0.15) is 36.9 Å². The maximum atomic E-state index is 10.4. The van der Waals surface area contributed by atoms with Gasteiger partial charge in [-0.2, -0.15) is 5.10 Å². The van der Waals surface area contributed by atoms with Crippen molar-refractivity contribution in [2.24, 2.45) is 7.05 Å². The average molecular weight is 290 g/mol. The molecule has 1 atom stereocenters. The molecular weight excluding hydrogens is 268 g/mol. The molecule has 0 aliphatic carbocycles. The van der Waals surface area contributed by atoms with Gasteiger partial charge in [0.1, 0.15) is 0 Å². The van der Waals surface area contributed by atoms with E-state index < -0.39 is 6.10 Å². The molecule has 0 aliphatic rings. The lowest BCUT2D eigenvalue weighted by Gasteiger charge is -2.11. The number of aliphatic hydroxyl groups excluding tert-OH is 1. The Hall–Kier alpha value is -1.26. The molecule has 108 valence electrons. The Balaban J connectivity index is 2.06. The molecule has 0 bridgehead atoms. The third-order valence-corrected chi connectivity index (χ3v) is 4.26. The summed E-state index contributed by atoms with van der Waals surface area (Å²) >= 11 is 1.81. The molecule has 0 amide bonds. The van der Waals surface area contributed by atoms with Gasteiger partial charge in [0.05, 0.1) is 11.8 Å². The molecule has 3 nitrogen and oxygen atoms in total. The lowest BCUT2D eigenvalue weighted by atomic mass is 10.0. The molecule has 0 aliphatic heterocycles. The summed E-state index contributed by atoms with van der Waals surface area (Å²) in [7, 11) is 1.93. The molecule has 1 aromatic carbocycles. The van der Waals surface area contributed by atoms with Crippen molar-refractivity contribution in [3.63, 3.8) is 0 Å². The maximum Gasteiger partial charge on any atom is 0.0845 e. The van der Waals surface area contributed by atoms with Gasteiger partial charge < -0.3 is 5.11 Å². The highest BCUT2D eigenvalue weighted by molar-refractivity contribution is 7.99. The fourth-order valence-corrected chi connectivity index (χ4v) is 2.87. The van der Waals surface area contributed by atoms with Crippen molar-refractivity contribution in [1.82, 2.24) is 9.78 Å². The number of aliphatic hydroxyl groups is 1. The van der Waals surface area contributed by atoms with Gasteiger partial charge in [-0.25, -0.2) is 0 Å². The number of rotatable bonds is 6. The fourth-order valence-electron chi connectivity index (χ4n) is 2.20. The van der Waals surface area contributed by atoms with Gasteiger partial charge in [-0.15, -0.1) is 11.8 Å². The van der Waals surface area contributed by atoms with E-state index in [9.17, 15) is 5.11 Å². The Bertz CT molecular complexity index is 548. The number of nitrogens with zero attached hydrogens (tertiary/aromatic N) is 2. The Morgan fingerprint density at radius 1 is 1.25 bits per heavy atom. The monoisotopic (exact) mass is 290 g/mol. The van der Waals surface area contributed by atoms with Crippen molar-refractivity contribution in [2.45, 2.75) is 37.7 Å². The van der Waals surface area contributed by atoms with E-state index in [-0.39, 0.29) is 0 Å². The molecule has 0 saturated carbocycles. The van der Waals surface area contributed by atoms with Crippen LogP contribution in [0.2, 0.25) is 0 Å². The fraction of sp³-hybridized carbons (Fsp3) is 0.438. The molecule has 0 spiro atoms. The van der Waals surface area contributed by atoms with Crippen molar-refractivity contribution < 1.29 is 5.11 Å². The summed E-state index contributed by atoms with van der Waals surface area (Å²) in [6, 6.07) is 10.3. The van der Waals surface area contributed by atoms with Crippen molar-refractivity contribution in [3.05, 3.63) is 47.3 Å². The second-order valence-electron chi connectivity index (χ2n) is 4.83. The first-order valence-electron chi connectivity index (χ1n) is 7.06. The molecule has 0 radical (unpaired) electrons. The minimum absolute atomic E-state index is 0.476. The van der Waals surface area contributed by atoms with Gasteiger partial charge in [-0.3, -0.25) is 4.68 Å². The first-order valence-corrected chi connectivity index (χ1v) is 8.05. The maximum absolute atomic E-state index is 10.4. The molecule has 1 N–H and O–H groups in total. The van der Waals surface area contributed by atoms with Crippen molar-refractivity contribution in [3.8, 4) is 0 Å². The van der Waals surface area contributed by atoms with E-state index in [1.54, 1.807) is 0 Å². The van der Waals surface area contributed by atoms with E-state index in [4.69, 9.17) is 0 Å². The highest BCUT2D eigenvalue weighted by Crippen LogP contribution is 2.23. The normalized spacial score (nSPS) is 12.6. The summed E-state index contributed by atoms with van der Waals surface area (Å²) in [6.07, 6.45) is 1.05. The summed E-state index contributed by atoms with van der Waals surface area (Å²) in [6.45, 7) is 4.23. The van der Waals surface area contributed by atoms with Crippen LogP contribution in [-0.4, -0.2) is 20.6 Å². The molecule has 1 aromatic heterocycles. The third kappa shape index (κ3) is 3.64. The summed E-state index contributed by atoms with van der Waals surface area (Å²) < 4.78 is 1.86. The number of aryl methyl sites for hydroxylation is 2. The summed E-state index contributed by atoms with van der Waals surface area (Å²) in [5.74, 6) is 1.07. The van der Waals surface area contributed by atoms with Crippen LogP contribution in [0.15, 0.2) is 35.2 Å². The highest BCUT2D eigenvalue weighted by Gasteiger charge is 2.12. The van der Waals surface area contributed by atoms with Crippen LogP contribution in [0.25, 0.3) is 0 Å². The Kier molecular flexibility index (Phi) is 5.26. The second-order valence-corrected chi connectivity index (χ2v) is 6.16. The van der Waals surface area contributed by atoms with E-state index in [0.717, 1.165) is 29.1 Å².